The minimum atomic E-state index is -0.365. The predicted octanol–water partition coefficient (Wildman–Crippen LogP) is 2.64. The third kappa shape index (κ3) is 3.26. The molecule has 5 heteroatoms. The highest BCUT2D eigenvalue weighted by molar-refractivity contribution is 6.34. The van der Waals surface area contributed by atoms with Gasteiger partial charge in [0.15, 0.2) is 0 Å². The maximum absolute atomic E-state index is 12.1. The average molecular weight is 293 g/mol. The number of carbonyl (C=O) groups is 1. The molecule has 20 heavy (non-hydrogen) atoms. The lowest BCUT2D eigenvalue weighted by Crippen LogP contribution is -2.36. The molecule has 4 nitrogen and oxygen atoms in total. The molecule has 0 atom stereocenters. The number of rotatable bonds is 4. The zero-order valence-electron chi connectivity index (χ0n) is 11.5. The van der Waals surface area contributed by atoms with Crippen molar-refractivity contribution in [3.63, 3.8) is 0 Å². The van der Waals surface area contributed by atoms with E-state index in [0.29, 0.717) is 11.7 Å². The highest BCUT2D eigenvalue weighted by atomic mass is 35.5. The van der Waals surface area contributed by atoms with Crippen molar-refractivity contribution in [1.29, 1.82) is 0 Å². The molecule has 0 bridgehead atoms. The van der Waals surface area contributed by atoms with Gasteiger partial charge in [-0.25, -0.2) is 4.98 Å². The van der Waals surface area contributed by atoms with E-state index in [1.165, 1.54) is 0 Å². The first-order valence-electron chi connectivity index (χ1n) is 6.37. The summed E-state index contributed by atoms with van der Waals surface area (Å²) >= 11 is 6.09. The molecule has 1 aromatic heterocycles. The smallest absolute Gasteiger partial charge is 0.269 e. The van der Waals surface area contributed by atoms with E-state index in [1.54, 1.807) is 6.07 Å². The van der Waals surface area contributed by atoms with E-state index in [2.05, 4.69) is 10.3 Å². The van der Waals surface area contributed by atoms with Crippen LogP contribution in [0.2, 0.25) is 5.15 Å². The Balaban J connectivity index is 2.23. The zero-order valence-corrected chi connectivity index (χ0v) is 12.2. The van der Waals surface area contributed by atoms with Gasteiger partial charge in [0.05, 0.1) is 0 Å². The molecule has 2 N–H and O–H groups in total. The normalized spacial score (nSPS) is 11.6. The summed E-state index contributed by atoms with van der Waals surface area (Å²) in [6.07, 6.45) is 0. The number of fused-ring (bicyclic) bond motifs is 1. The van der Waals surface area contributed by atoms with E-state index in [0.717, 1.165) is 10.8 Å². The lowest BCUT2D eigenvalue weighted by atomic mass is 9.95. The first-order valence-corrected chi connectivity index (χ1v) is 6.75. The first kappa shape index (κ1) is 14.8. The van der Waals surface area contributed by atoms with Crippen LogP contribution in [-0.2, 0) is 0 Å². The summed E-state index contributed by atoms with van der Waals surface area (Å²) in [5.74, 6) is -0.292. The van der Waals surface area contributed by atoms with E-state index in [1.807, 2.05) is 38.1 Å². The van der Waals surface area contributed by atoms with E-state index < -0.39 is 0 Å². The van der Waals surface area contributed by atoms with Gasteiger partial charge in [-0.05, 0) is 11.5 Å². The number of aliphatic hydroxyl groups excluding tert-OH is 1. The summed E-state index contributed by atoms with van der Waals surface area (Å²) in [7, 11) is 0. The molecule has 0 saturated carbocycles. The fourth-order valence-corrected chi connectivity index (χ4v) is 2.00. The molecule has 0 radical (unpaired) electrons. The zero-order chi connectivity index (χ0) is 14.8. The van der Waals surface area contributed by atoms with Crippen LogP contribution < -0.4 is 5.32 Å². The van der Waals surface area contributed by atoms with Crippen molar-refractivity contribution in [1.82, 2.24) is 10.3 Å². The van der Waals surface area contributed by atoms with Crippen molar-refractivity contribution in [2.24, 2.45) is 5.41 Å². The molecular formula is C15H17ClN2O2. The number of amides is 1. The van der Waals surface area contributed by atoms with Gasteiger partial charge in [0.25, 0.3) is 5.91 Å². The van der Waals surface area contributed by atoms with Gasteiger partial charge in [-0.15, -0.1) is 0 Å². The standard InChI is InChI=1S/C15H17ClN2O2/c1-15(2,9-19)8-17-14(20)12-7-10-5-3-4-6-11(10)13(16)18-12/h3-7,19H,8-9H2,1-2H3,(H,17,20). The first-order chi connectivity index (χ1) is 9.43. The van der Waals surface area contributed by atoms with Gasteiger partial charge < -0.3 is 10.4 Å². The number of nitrogens with one attached hydrogen (secondary N) is 1. The quantitative estimate of drug-likeness (QED) is 0.852. The van der Waals surface area contributed by atoms with Crippen molar-refractivity contribution in [3.8, 4) is 0 Å². The monoisotopic (exact) mass is 292 g/mol. The van der Waals surface area contributed by atoms with Crippen molar-refractivity contribution in [2.45, 2.75) is 13.8 Å². The van der Waals surface area contributed by atoms with Crippen molar-refractivity contribution >= 4 is 28.3 Å². The second kappa shape index (κ2) is 5.77. The summed E-state index contributed by atoms with van der Waals surface area (Å²) in [4.78, 5) is 16.2. The molecule has 1 aromatic carbocycles. The van der Waals surface area contributed by atoms with Crippen molar-refractivity contribution in [3.05, 3.63) is 41.2 Å². The van der Waals surface area contributed by atoms with E-state index >= 15 is 0 Å². The minimum Gasteiger partial charge on any atom is -0.396 e. The van der Waals surface area contributed by atoms with Crippen LogP contribution in [0, 0.1) is 5.41 Å². The number of carbonyl (C=O) groups excluding carboxylic acids is 1. The second-order valence-corrected chi connectivity index (χ2v) is 5.88. The van der Waals surface area contributed by atoms with Crippen LogP contribution in [0.1, 0.15) is 24.3 Å². The molecular weight excluding hydrogens is 276 g/mol. The predicted molar refractivity (Wildman–Crippen MR) is 80.0 cm³/mol. The Morgan fingerprint density at radius 2 is 2.10 bits per heavy atom. The number of nitrogens with zero attached hydrogens (tertiary/aromatic N) is 1. The summed E-state index contributed by atoms with van der Waals surface area (Å²) < 4.78 is 0. The number of aromatic nitrogens is 1. The van der Waals surface area contributed by atoms with Crippen LogP contribution >= 0.6 is 11.6 Å². The van der Waals surface area contributed by atoms with Crippen LogP contribution in [0.25, 0.3) is 10.8 Å². The molecule has 2 aromatic rings. The molecule has 1 amide bonds. The van der Waals surface area contributed by atoms with Crippen LogP contribution in [0.3, 0.4) is 0 Å². The third-order valence-electron chi connectivity index (χ3n) is 3.08. The van der Waals surface area contributed by atoms with E-state index in [-0.39, 0.29) is 23.6 Å². The van der Waals surface area contributed by atoms with E-state index in [9.17, 15) is 9.90 Å². The van der Waals surface area contributed by atoms with Gasteiger partial charge in [-0.2, -0.15) is 0 Å². The number of pyridine rings is 1. The summed E-state index contributed by atoms with van der Waals surface area (Å²) in [6.45, 7) is 4.11. The molecule has 0 fully saturated rings. The number of halogens is 1. The fraction of sp³-hybridized carbons (Fsp3) is 0.333. The molecule has 0 aliphatic heterocycles. The van der Waals surface area contributed by atoms with E-state index in [4.69, 9.17) is 11.6 Å². The molecule has 0 saturated heterocycles. The van der Waals surface area contributed by atoms with Gasteiger partial charge in [0, 0.05) is 24.0 Å². The van der Waals surface area contributed by atoms with Gasteiger partial charge in [-0.3, -0.25) is 4.79 Å². The van der Waals surface area contributed by atoms with Crippen LogP contribution in [0.4, 0.5) is 0 Å². The van der Waals surface area contributed by atoms with Gasteiger partial charge in [-0.1, -0.05) is 49.7 Å². The molecule has 106 valence electrons. The Morgan fingerprint density at radius 3 is 2.80 bits per heavy atom. The Kier molecular flexibility index (Phi) is 4.26. The molecule has 0 spiro atoms. The Morgan fingerprint density at radius 1 is 1.40 bits per heavy atom. The Bertz CT molecular complexity index is 641. The van der Waals surface area contributed by atoms with Crippen molar-refractivity contribution in [2.75, 3.05) is 13.2 Å². The third-order valence-corrected chi connectivity index (χ3v) is 3.37. The highest BCUT2D eigenvalue weighted by Crippen LogP contribution is 2.22. The number of aliphatic hydroxyl groups is 1. The summed E-state index contributed by atoms with van der Waals surface area (Å²) in [5.41, 5.74) is -0.0847. The number of benzene rings is 1. The Hall–Kier alpha value is -1.65. The highest BCUT2D eigenvalue weighted by Gasteiger charge is 2.19. The summed E-state index contributed by atoms with van der Waals surface area (Å²) in [5, 5.41) is 13.9. The van der Waals surface area contributed by atoms with Crippen LogP contribution in [0.15, 0.2) is 30.3 Å². The maximum atomic E-state index is 12.1. The molecule has 0 unspecified atom stereocenters. The fourth-order valence-electron chi connectivity index (χ4n) is 1.74. The average Bonchev–Trinajstić information content (AvgIpc) is 2.45. The topological polar surface area (TPSA) is 62.2 Å². The van der Waals surface area contributed by atoms with Crippen LogP contribution in [-0.4, -0.2) is 29.1 Å². The van der Waals surface area contributed by atoms with Gasteiger partial charge in [0.1, 0.15) is 10.8 Å². The maximum Gasteiger partial charge on any atom is 0.269 e. The van der Waals surface area contributed by atoms with Gasteiger partial charge in [0.2, 0.25) is 0 Å². The van der Waals surface area contributed by atoms with Crippen molar-refractivity contribution < 1.29 is 9.90 Å². The number of hydrogen-bond acceptors (Lipinski definition) is 3. The second-order valence-electron chi connectivity index (χ2n) is 5.52. The lowest BCUT2D eigenvalue weighted by Gasteiger charge is -2.21. The molecule has 0 aliphatic carbocycles. The number of hydrogen-bond donors (Lipinski definition) is 2. The molecule has 2 rings (SSSR count). The summed E-state index contributed by atoms with van der Waals surface area (Å²) in [6, 6.07) is 9.22. The van der Waals surface area contributed by atoms with Gasteiger partial charge >= 0.3 is 0 Å². The lowest BCUT2D eigenvalue weighted by molar-refractivity contribution is 0.0906. The largest absolute Gasteiger partial charge is 0.396 e. The van der Waals surface area contributed by atoms with Crippen LogP contribution in [0.5, 0.6) is 0 Å². The minimum absolute atomic E-state index is 0.000808. The SMILES string of the molecule is CC(C)(CO)CNC(=O)c1cc2ccccc2c(Cl)n1. The molecule has 1 heterocycles. The molecule has 0 aliphatic rings. The Labute approximate surface area is 122 Å².